The van der Waals surface area contributed by atoms with Gasteiger partial charge in [-0.15, -0.1) is 0 Å². The normalized spacial score (nSPS) is 12.1. The third-order valence-electron chi connectivity index (χ3n) is 4.09. The quantitative estimate of drug-likeness (QED) is 0.846. The summed E-state index contributed by atoms with van der Waals surface area (Å²) in [7, 11) is 3.93. The molecule has 0 N–H and O–H groups in total. The standard InChI is InChI=1S/C19H22N2O3/c1-4-21(12-14-8-9-17-18(10-14)24-13-23-17)19(22)15-6-5-7-16(11-15)20(2)3/h5-11H,4,12-13H2,1-3H3. The summed E-state index contributed by atoms with van der Waals surface area (Å²) in [5.41, 5.74) is 2.74. The fraction of sp³-hybridized carbons (Fsp3) is 0.316. The van der Waals surface area contributed by atoms with Crippen LogP contribution in [0.5, 0.6) is 11.5 Å². The number of carbonyl (C=O) groups is 1. The van der Waals surface area contributed by atoms with Crippen molar-refractivity contribution in [3.8, 4) is 11.5 Å². The van der Waals surface area contributed by atoms with Gasteiger partial charge in [0, 0.05) is 38.4 Å². The fourth-order valence-electron chi connectivity index (χ4n) is 2.69. The summed E-state index contributed by atoms with van der Waals surface area (Å²) in [5.74, 6) is 1.52. The highest BCUT2D eigenvalue weighted by Crippen LogP contribution is 2.32. The molecule has 5 heteroatoms. The molecule has 126 valence electrons. The Labute approximate surface area is 142 Å². The van der Waals surface area contributed by atoms with E-state index in [2.05, 4.69) is 0 Å². The Bertz CT molecular complexity index is 743. The molecule has 0 radical (unpaired) electrons. The highest BCUT2D eigenvalue weighted by molar-refractivity contribution is 5.95. The maximum atomic E-state index is 12.8. The molecule has 0 bridgehead atoms. The van der Waals surface area contributed by atoms with Crippen molar-refractivity contribution >= 4 is 11.6 Å². The molecule has 2 aromatic rings. The first-order chi connectivity index (χ1) is 11.6. The predicted octanol–water partition coefficient (Wildman–Crippen LogP) is 3.14. The zero-order valence-electron chi connectivity index (χ0n) is 14.3. The summed E-state index contributed by atoms with van der Waals surface area (Å²) >= 11 is 0. The molecule has 0 atom stereocenters. The van der Waals surface area contributed by atoms with Crippen molar-refractivity contribution in [2.75, 3.05) is 32.3 Å². The molecular weight excluding hydrogens is 304 g/mol. The van der Waals surface area contributed by atoms with Crippen LogP contribution < -0.4 is 14.4 Å². The lowest BCUT2D eigenvalue weighted by Gasteiger charge is -2.22. The van der Waals surface area contributed by atoms with E-state index < -0.39 is 0 Å². The van der Waals surface area contributed by atoms with E-state index in [0.717, 1.165) is 22.7 Å². The molecule has 1 aliphatic rings. The summed E-state index contributed by atoms with van der Waals surface area (Å²) in [6, 6.07) is 13.5. The Morgan fingerprint density at radius 2 is 1.88 bits per heavy atom. The van der Waals surface area contributed by atoms with Gasteiger partial charge in [0.05, 0.1) is 0 Å². The zero-order valence-corrected chi connectivity index (χ0v) is 14.3. The number of nitrogens with zero attached hydrogens (tertiary/aromatic N) is 2. The number of carbonyl (C=O) groups excluding carboxylic acids is 1. The third-order valence-corrected chi connectivity index (χ3v) is 4.09. The van der Waals surface area contributed by atoms with Gasteiger partial charge in [0.1, 0.15) is 0 Å². The Morgan fingerprint density at radius 3 is 2.62 bits per heavy atom. The van der Waals surface area contributed by atoms with Crippen LogP contribution in [0.1, 0.15) is 22.8 Å². The largest absolute Gasteiger partial charge is 0.454 e. The minimum atomic E-state index is 0.0267. The smallest absolute Gasteiger partial charge is 0.254 e. The van der Waals surface area contributed by atoms with Crippen molar-refractivity contribution in [1.29, 1.82) is 0 Å². The average molecular weight is 326 g/mol. The molecule has 0 spiro atoms. The van der Waals surface area contributed by atoms with E-state index in [4.69, 9.17) is 9.47 Å². The van der Waals surface area contributed by atoms with E-state index in [9.17, 15) is 4.79 Å². The van der Waals surface area contributed by atoms with Crippen molar-refractivity contribution in [2.24, 2.45) is 0 Å². The summed E-state index contributed by atoms with van der Waals surface area (Å²) in [5, 5.41) is 0. The van der Waals surface area contributed by atoms with Gasteiger partial charge in [-0.05, 0) is 42.8 Å². The lowest BCUT2D eigenvalue weighted by molar-refractivity contribution is 0.0752. The summed E-state index contributed by atoms with van der Waals surface area (Å²) in [6.07, 6.45) is 0. The zero-order chi connectivity index (χ0) is 17.1. The van der Waals surface area contributed by atoms with Gasteiger partial charge in [-0.2, -0.15) is 0 Å². The number of anilines is 1. The molecule has 0 unspecified atom stereocenters. The maximum absolute atomic E-state index is 12.8. The van der Waals surface area contributed by atoms with Gasteiger partial charge in [-0.25, -0.2) is 0 Å². The molecule has 1 amide bonds. The Hall–Kier alpha value is -2.69. The van der Waals surface area contributed by atoms with E-state index in [1.54, 1.807) is 0 Å². The summed E-state index contributed by atoms with van der Waals surface area (Å²) in [6.45, 7) is 3.42. The molecule has 24 heavy (non-hydrogen) atoms. The van der Waals surface area contributed by atoms with Crippen LogP contribution in [0.2, 0.25) is 0 Å². The topological polar surface area (TPSA) is 42.0 Å². The number of benzene rings is 2. The lowest BCUT2D eigenvalue weighted by atomic mass is 10.1. The van der Waals surface area contributed by atoms with Gasteiger partial charge in [0.15, 0.2) is 11.5 Å². The van der Waals surface area contributed by atoms with Crippen LogP contribution in [0, 0.1) is 0 Å². The minimum Gasteiger partial charge on any atom is -0.454 e. The summed E-state index contributed by atoms with van der Waals surface area (Å²) in [4.78, 5) is 16.7. The molecular formula is C19H22N2O3. The van der Waals surface area contributed by atoms with Gasteiger partial charge in [-0.3, -0.25) is 4.79 Å². The van der Waals surface area contributed by atoms with Crippen molar-refractivity contribution in [2.45, 2.75) is 13.5 Å². The van der Waals surface area contributed by atoms with E-state index in [-0.39, 0.29) is 12.7 Å². The molecule has 0 saturated heterocycles. The van der Waals surface area contributed by atoms with Crippen LogP contribution in [0.15, 0.2) is 42.5 Å². The number of ether oxygens (including phenoxy) is 2. The number of fused-ring (bicyclic) bond motifs is 1. The second-order valence-corrected chi connectivity index (χ2v) is 5.95. The molecule has 0 saturated carbocycles. The van der Waals surface area contributed by atoms with Crippen LogP contribution in [0.25, 0.3) is 0 Å². The average Bonchev–Trinajstić information content (AvgIpc) is 3.07. The highest BCUT2D eigenvalue weighted by Gasteiger charge is 2.18. The molecule has 0 fully saturated rings. The van der Waals surface area contributed by atoms with Crippen LogP contribution in [-0.2, 0) is 6.54 Å². The fourth-order valence-corrected chi connectivity index (χ4v) is 2.69. The molecule has 1 heterocycles. The first-order valence-corrected chi connectivity index (χ1v) is 8.03. The van der Waals surface area contributed by atoms with E-state index in [1.165, 1.54) is 0 Å². The first-order valence-electron chi connectivity index (χ1n) is 8.03. The molecule has 0 aliphatic carbocycles. The molecule has 5 nitrogen and oxygen atoms in total. The summed E-state index contributed by atoms with van der Waals surface area (Å²) < 4.78 is 10.7. The van der Waals surface area contributed by atoms with Crippen molar-refractivity contribution in [3.63, 3.8) is 0 Å². The number of rotatable bonds is 5. The highest BCUT2D eigenvalue weighted by atomic mass is 16.7. The molecule has 1 aliphatic heterocycles. The lowest BCUT2D eigenvalue weighted by Crippen LogP contribution is -2.30. The molecule has 0 aromatic heterocycles. The third kappa shape index (κ3) is 3.30. The Balaban J connectivity index is 1.78. The number of hydrogen-bond donors (Lipinski definition) is 0. The monoisotopic (exact) mass is 326 g/mol. The Morgan fingerprint density at radius 1 is 1.08 bits per heavy atom. The van der Waals surface area contributed by atoms with Gasteiger partial charge in [0.2, 0.25) is 6.79 Å². The maximum Gasteiger partial charge on any atom is 0.254 e. The second-order valence-electron chi connectivity index (χ2n) is 5.95. The van der Waals surface area contributed by atoms with Crippen molar-refractivity contribution in [3.05, 3.63) is 53.6 Å². The van der Waals surface area contributed by atoms with Gasteiger partial charge in [-0.1, -0.05) is 12.1 Å². The van der Waals surface area contributed by atoms with E-state index in [1.807, 2.05) is 73.3 Å². The second kappa shape index (κ2) is 6.83. The predicted molar refractivity (Wildman–Crippen MR) is 93.7 cm³/mol. The van der Waals surface area contributed by atoms with E-state index >= 15 is 0 Å². The van der Waals surface area contributed by atoms with E-state index in [0.29, 0.717) is 18.7 Å². The van der Waals surface area contributed by atoms with Gasteiger partial charge >= 0.3 is 0 Å². The minimum absolute atomic E-state index is 0.0267. The SMILES string of the molecule is CCN(Cc1ccc2c(c1)OCO2)C(=O)c1cccc(N(C)C)c1. The first kappa shape index (κ1) is 16.2. The van der Waals surface area contributed by atoms with Crippen molar-refractivity contribution < 1.29 is 14.3 Å². The van der Waals surface area contributed by atoms with Crippen LogP contribution in [0.4, 0.5) is 5.69 Å². The Kier molecular flexibility index (Phi) is 4.60. The van der Waals surface area contributed by atoms with Crippen LogP contribution >= 0.6 is 0 Å². The number of hydrogen-bond acceptors (Lipinski definition) is 4. The van der Waals surface area contributed by atoms with Crippen molar-refractivity contribution in [1.82, 2.24) is 4.90 Å². The molecule has 3 rings (SSSR count). The van der Waals surface area contributed by atoms with Gasteiger partial charge in [0.25, 0.3) is 5.91 Å². The van der Waals surface area contributed by atoms with Crippen LogP contribution in [-0.4, -0.2) is 38.2 Å². The van der Waals surface area contributed by atoms with Gasteiger partial charge < -0.3 is 19.3 Å². The van der Waals surface area contributed by atoms with Crippen LogP contribution in [0.3, 0.4) is 0 Å². The number of amides is 1. The molecule has 2 aromatic carbocycles.